The van der Waals surface area contributed by atoms with Gasteiger partial charge in [-0.05, 0) is 22.9 Å². The summed E-state index contributed by atoms with van der Waals surface area (Å²) in [5.74, 6) is 0. The van der Waals surface area contributed by atoms with E-state index in [-0.39, 0.29) is 5.03 Å². The Morgan fingerprint density at radius 2 is 2.43 bits per heavy atom. The molecule has 0 rings (SSSR count). The van der Waals surface area contributed by atoms with Gasteiger partial charge in [0.05, 0.1) is 5.03 Å². The number of rotatable bonds is 1. The van der Waals surface area contributed by atoms with Gasteiger partial charge in [-0.25, -0.2) is 4.39 Å². The highest BCUT2D eigenvalue weighted by Crippen LogP contribution is 2.16. The van der Waals surface area contributed by atoms with Crippen LogP contribution in [0.25, 0.3) is 0 Å². The van der Waals surface area contributed by atoms with Crippen molar-refractivity contribution in [1.82, 2.24) is 0 Å². The number of halogens is 3. The summed E-state index contributed by atoms with van der Waals surface area (Å²) in [7, 11) is 0. The fraction of sp³-hybridized carbons (Fsp3) is 0.500. The van der Waals surface area contributed by atoms with Crippen molar-refractivity contribution in [2.24, 2.45) is 0 Å². The summed E-state index contributed by atoms with van der Waals surface area (Å²) in [6, 6.07) is 0. The number of hydrogen-bond acceptors (Lipinski definition) is 0. The van der Waals surface area contributed by atoms with Crippen LogP contribution in [0.4, 0.5) is 4.39 Å². The molecule has 0 saturated heterocycles. The van der Waals surface area contributed by atoms with Gasteiger partial charge in [0, 0.05) is 0 Å². The maximum atomic E-state index is 11.8. The second-order valence-electron chi connectivity index (χ2n) is 0.974. The zero-order valence-electron chi connectivity index (χ0n) is 3.79. The van der Waals surface area contributed by atoms with Crippen LogP contribution in [0.1, 0.15) is 6.92 Å². The molecule has 0 bridgehead atoms. The molecule has 0 amide bonds. The van der Waals surface area contributed by atoms with Crippen LogP contribution in [0.3, 0.4) is 0 Å². The fourth-order valence-electron chi connectivity index (χ4n) is 0.126. The van der Waals surface area contributed by atoms with E-state index in [9.17, 15) is 4.39 Å². The van der Waals surface area contributed by atoms with E-state index in [2.05, 4.69) is 15.9 Å². The van der Waals surface area contributed by atoms with Crippen molar-refractivity contribution < 1.29 is 4.39 Å². The van der Waals surface area contributed by atoms with Crippen molar-refractivity contribution in [3.63, 3.8) is 0 Å². The maximum absolute atomic E-state index is 11.8. The highest BCUT2D eigenvalue weighted by atomic mass is 79.9. The van der Waals surface area contributed by atoms with Crippen LogP contribution in [0.5, 0.6) is 0 Å². The average Bonchev–Trinajstić information content (AvgIpc) is 1.65. The third-order valence-electron chi connectivity index (χ3n) is 0.484. The Morgan fingerprint density at radius 3 is 2.43 bits per heavy atom. The van der Waals surface area contributed by atoms with Gasteiger partial charge in [0.25, 0.3) is 0 Å². The Bertz CT molecular complexity index is 79.8. The Labute approximate surface area is 55.5 Å². The maximum Gasteiger partial charge on any atom is 0.190 e. The molecule has 0 nitrogen and oxygen atoms in total. The molecule has 0 spiro atoms. The van der Waals surface area contributed by atoms with E-state index in [0.717, 1.165) is 0 Å². The fourth-order valence-corrected chi connectivity index (χ4v) is 0.390. The van der Waals surface area contributed by atoms with Crippen molar-refractivity contribution in [3.05, 3.63) is 11.1 Å². The zero-order chi connectivity index (χ0) is 5.86. The molecule has 0 aromatic heterocycles. The zero-order valence-corrected chi connectivity index (χ0v) is 6.13. The molecule has 3 heteroatoms. The predicted molar refractivity (Wildman–Crippen MR) is 33.4 cm³/mol. The lowest BCUT2D eigenvalue weighted by Gasteiger charge is -1.91. The van der Waals surface area contributed by atoms with Gasteiger partial charge >= 0.3 is 0 Å². The molecule has 7 heavy (non-hydrogen) atoms. The Balaban J connectivity index is 3.56. The molecule has 0 fully saturated rings. The first-order valence-electron chi connectivity index (χ1n) is 1.78. The lowest BCUT2D eigenvalue weighted by Crippen LogP contribution is -1.83. The molecule has 1 unspecified atom stereocenters. The molecular formula is C4H5BrClF. The van der Waals surface area contributed by atoms with Crippen molar-refractivity contribution in [3.8, 4) is 0 Å². The minimum absolute atomic E-state index is 0.194. The molecule has 42 valence electrons. The third-order valence-corrected chi connectivity index (χ3v) is 1.65. The largest absolute Gasteiger partial charge is 0.229 e. The smallest absolute Gasteiger partial charge is 0.190 e. The van der Waals surface area contributed by atoms with E-state index in [1.165, 1.54) is 6.08 Å². The SMILES string of the molecule is CC=C(Cl)C(F)Br. The summed E-state index contributed by atoms with van der Waals surface area (Å²) in [6.45, 7) is 1.68. The van der Waals surface area contributed by atoms with E-state index in [0.29, 0.717) is 0 Å². The Morgan fingerprint density at radius 1 is 2.00 bits per heavy atom. The molecule has 1 atom stereocenters. The van der Waals surface area contributed by atoms with Crippen LogP contribution in [0, 0.1) is 0 Å². The Hall–Kier alpha value is 0.440. The summed E-state index contributed by atoms with van der Waals surface area (Å²) in [5, 5.41) is -1.00. The van der Waals surface area contributed by atoms with Gasteiger partial charge in [-0.1, -0.05) is 17.7 Å². The van der Waals surface area contributed by atoms with Crippen molar-refractivity contribution in [1.29, 1.82) is 0 Å². The van der Waals surface area contributed by atoms with Crippen molar-refractivity contribution >= 4 is 27.5 Å². The van der Waals surface area contributed by atoms with Gasteiger partial charge in [-0.2, -0.15) is 0 Å². The molecule has 0 radical (unpaired) electrons. The minimum atomic E-state index is -1.20. The summed E-state index contributed by atoms with van der Waals surface area (Å²) in [6.07, 6.45) is 1.50. The van der Waals surface area contributed by atoms with Crippen LogP contribution in [0.2, 0.25) is 0 Å². The highest BCUT2D eigenvalue weighted by Gasteiger charge is 2.00. The lowest BCUT2D eigenvalue weighted by molar-refractivity contribution is 0.522. The molecule has 0 heterocycles. The third kappa shape index (κ3) is 3.06. The molecule has 0 aromatic carbocycles. The molecule has 0 N–H and O–H groups in total. The average molecular weight is 187 g/mol. The van der Waals surface area contributed by atoms with Crippen LogP contribution in [0.15, 0.2) is 11.1 Å². The molecule has 0 aliphatic rings. The van der Waals surface area contributed by atoms with Gasteiger partial charge in [-0.3, -0.25) is 0 Å². The molecule has 0 aliphatic carbocycles. The van der Waals surface area contributed by atoms with E-state index in [1.54, 1.807) is 6.92 Å². The number of allylic oxidation sites excluding steroid dienone is 2. The number of alkyl halides is 2. The summed E-state index contributed by atoms with van der Waals surface area (Å²) in [5.41, 5.74) is 0. The molecule has 0 aromatic rings. The van der Waals surface area contributed by atoms with Crippen LogP contribution < -0.4 is 0 Å². The van der Waals surface area contributed by atoms with E-state index >= 15 is 0 Å². The van der Waals surface area contributed by atoms with Crippen LogP contribution in [-0.2, 0) is 0 Å². The second-order valence-corrected chi connectivity index (χ2v) is 2.21. The monoisotopic (exact) mass is 186 g/mol. The van der Waals surface area contributed by atoms with Gasteiger partial charge in [0.1, 0.15) is 0 Å². The topological polar surface area (TPSA) is 0 Å². The molecular weight excluding hydrogens is 182 g/mol. The quantitative estimate of drug-likeness (QED) is 0.554. The van der Waals surface area contributed by atoms with Gasteiger partial charge in [0.2, 0.25) is 0 Å². The van der Waals surface area contributed by atoms with Crippen molar-refractivity contribution in [2.45, 2.75) is 12.0 Å². The normalized spacial score (nSPS) is 16.9. The molecule has 0 aliphatic heterocycles. The van der Waals surface area contributed by atoms with E-state index < -0.39 is 5.08 Å². The Kier molecular flexibility index (Phi) is 3.66. The first kappa shape index (κ1) is 7.44. The van der Waals surface area contributed by atoms with Gasteiger partial charge in [0.15, 0.2) is 5.08 Å². The summed E-state index contributed by atoms with van der Waals surface area (Å²) >= 11 is 7.87. The summed E-state index contributed by atoms with van der Waals surface area (Å²) < 4.78 is 11.8. The highest BCUT2D eigenvalue weighted by molar-refractivity contribution is 9.09. The van der Waals surface area contributed by atoms with Gasteiger partial charge in [-0.15, -0.1) is 0 Å². The predicted octanol–water partition coefficient (Wildman–Crippen LogP) is 2.82. The van der Waals surface area contributed by atoms with Gasteiger partial charge < -0.3 is 0 Å². The van der Waals surface area contributed by atoms with E-state index in [4.69, 9.17) is 11.6 Å². The first-order chi connectivity index (χ1) is 3.18. The molecule has 0 saturated carbocycles. The number of hydrogen-bond donors (Lipinski definition) is 0. The standard InChI is InChI=1S/C4H5BrClF/c1-2-3(6)4(5)7/h2,4H,1H3. The first-order valence-corrected chi connectivity index (χ1v) is 3.07. The summed E-state index contributed by atoms with van der Waals surface area (Å²) in [4.78, 5) is 0. The minimum Gasteiger partial charge on any atom is -0.229 e. The van der Waals surface area contributed by atoms with Crippen LogP contribution in [-0.4, -0.2) is 5.08 Å². The van der Waals surface area contributed by atoms with Crippen molar-refractivity contribution in [2.75, 3.05) is 0 Å². The lowest BCUT2D eigenvalue weighted by atomic mass is 10.6. The second kappa shape index (κ2) is 3.44. The van der Waals surface area contributed by atoms with Crippen LogP contribution >= 0.6 is 27.5 Å². The van der Waals surface area contributed by atoms with E-state index in [1.807, 2.05) is 0 Å².